The number of nitrogens with zero attached hydrogens (tertiary/aromatic N) is 2. The van der Waals surface area contributed by atoms with Gasteiger partial charge in [0, 0.05) is 29.0 Å². The highest BCUT2D eigenvalue weighted by Gasteiger charge is 2.34. The lowest BCUT2D eigenvalue weighted by molar-refractivity contribution is -0.140. The molecule has 0 aliphatic rings. The van der Waals surface area contributed by atoms with Crippen molar-refractivity contribution in [2.75, 3.05) is 17.4 Å². The van der Waals surface area contributed by atoms with Crippen molar-refractivity contribution >= 4 is 55.1 Å². The highest BCUT2D eigenvalue weighted by Crippen LogP contribution is 2.26. The SMILES string of the molecule is CCNC(=O)[C@H](Cc1ccccc1)N(Cc1cccc(Br)c1)C(=O)CN(c1ccc(Cl)cc1)S(=O)(=O)c1ccccc1. The van der Waals surface area contributed by atoms with Gasteiger partial charge in [0.1, 0.15) is 12.6 Å². The summed E-state index contributed by atoms with van der Waals surface area (Å²) in [4.78, 5) is 29.3. The number of carbonyl (C=O) groups excluding carboxylic acids is 2. The van der Waals surface area contributed by atoms with Crippen molar-refractivity contribution in [3.8, 4) is 0 Å². The van der Waals surface area contributed by atoms with Crippen molar-refractivity contribution < 1.29 is 18.0 Å². The first-order valence-electron chi connectivity index (χ1n) is 13.4. The smallest absolute Gasteiger partial charge is 0.264 e. The molecule has 1 atom stereocenters. The number of sulfonamides is 1. The second-order valence-electron chi connectivity index (χ2n) is 9.55. The molecule has 0 aliphatic carbocycles. The molecule has 0 radical (unpaired) electrons. The summed E-state index contributed by atoms with van der Waals surface area (Å²) in [5.41, 5.74) is 1.92. The Labute approximate surface area is 260 Å². The van der Waals surface area contributed by atoms with Crippen LogP contribution in [0.3, 0.4) is 0 Å². The maximum atomic E-state index is 14.3. The lowest BCUT2D eigenvalue weighted by atomic mass is 10.0. The Bertz CT molecular complexity index is 1600. The zero-order valence-electron chi connectivity index (χ0n) is 23.0. The lowest BCUT2D eigenvalue weighted by Crippen LogP contribution is -2.53. The van der Waals surface area contributed by atoms with E-state index < -0.39 is 28.5 Å². The van der Waals surface area contributed by atoms with Crippen molar-refractivity contribution in [1.82, 2.24) is 10.2 Å². The lowest BCUT2D eigenvalue weighted by Gasteiger charge is -2.34. The van der Waals surface area contributed by atoms with E-state index in [0.29, 0.717) is 11.6 Å². The minimum absolute atomic E-state index is 0.0378. The van der Waals surface area contributed by atoms with Crippen molar-refractivity contribution in [2.45, 2.75) is 30.8 Å². The molecule has 0 fully saturated rings. The number of hydrogen-bond donors (Lipinski definition) is 1. The largest absolute Gasteiger partial charge is 0.355 e. The third kappa shape index (κ3) is 8.00. The number of nitrogens with one attached hydrogen (secondary N) is 1. The van der Waals surface area contributed by atoms with E-state index in [-0.39, 0.29) is 29.5 Å². The fraction of sp³-hybridized carbons (Fsp3) is 0.188. The number of amides is 2. The summed E-state index contributed by atoms with van der Waals surface area (Å²) < 4.78 is 29.7. The van der Waals surface area contributed by atoms with Gasteiger partial charge in [-0.3, -0.25) is 13.9 Å². The highest BCUT2D eigenvalue weighted by molar-refractivity contribution is 9.10. The van der Waals surface area contributed by atoms with Gasteiger partial charge < -0.3 is 10.2 Å². The van der Waals surface area contributed by atoms with E-state index in [1.54, 1.807) is 42.5 Å². The molecule has 0 aromatic heterocycles. The molecule has 2 amide bonds. The molecule has 4 aromatic rings. The predicted octanol–water partition coefficient (Wildman–Crippen LogP) is 6.07. The Morgan fingerprint density at radius 2 is 1.48 bits per heavy atom. The molecular weight excluding hydrogens is 638 g/mol. The van der Waals surface area contributed by atoms with Crippen LogP contribution in [0.15, 0.2) is 119 Å². The average molecular weight is 669 g/mol. The molecule has 42 heavy (non-hydrogen) atoms. The fourth-order valence-electron chi connectivity index (χ4n) is 4.53. The van der Waals surface area contributed by atoms with Gasteiger partial charge in [-0.2, -0.15) is 0 Å². The monoisotopic (exact) mass is 667 g/mol. The standard InChI is InChI=1S/C32H31BrClN3O4S/c1-2-35-32(39)30(21-24-10-5-3-6-11-24)36(22-25-12-9-13-26(33)20-25)31(38)23-37(28-18-16-27(34)17-19-28)42(40,41)29-14-7-4-8-15-29/h3-20,30H,2,21-23H2,1H3,(H,35,39)/t30-/m0/s1. The van der Waals surface area contributed by atoms with Crippen LogP contribution in [0, 0.1) is 0 Å². The molecule has 0 saturated heterocycles. The number of hydrogen-bond acceptors (Lipinski definition) is 4. The van der Waals surface area contributed by atoms with E-state index in [9.17, 15) is 18.0 Å². The van der Waals surface area contributed by atoms with Crippen LogP contribution in [0.25, 0.3) is 0 Å². The maximum absolute atomic E-state index is 14.3. The van der Waals surface area contributed by atoms with Gasteiger partial charge in [0.05, 0.1) is 10.6 Å². The molecule has 0 heterocycles. The summed E-state index contributed by atoms with van der Waals surface area (Å²) in [6.07, 6.45) is 0.249. The van der Waals surface area contributed by atoms with E-state index >= 15 is 0 Å². The quantitative estimate of drug-likeness (QED) is 0.199. The molecule has 1 N–H and O–H groups in total. The number of benzene rings is 4. The normalized spacial score (nSPS) is 11.9. The Morgan fingerprint density at radius 1 is 0.857 bits per heavy atom. The summed E-state index contributed by atoms with van der Waals surface area (Å²) >= 11 is 9.58. The average Bonchev–Trinajstić information content (AvgIpc) is 2.99. The number of anilines is 1. The van der Waals surface area contributed by atoms with E-state index in [4.69, 9.17) is 11.6 Å². The van der Waals surface area contributed by atoms with Gasteiger partial charge in [-0.15, -0.1) is 0 Å². The van der Waals surface area contributed by atoms with Gasteiger partial charge in [0.25, 0.3) is 10.0 Å². The Balaban J connectivity index is 1.78. The zero-order chi connectivity index (χ0) is 30.1. The molecule has 0 bridgehead atoms. The summed E-state index contributed by atoms with van der Waals surface area (Å²) in [6, 6.07) is 30.2. The van der Waals surface area contributed by atoms with Gasteiger partial charge in [-0.25, -0.2) is 8.42 Å². The van der Waals surface area contributed by atoms with E-state index in [1.807, 2.05) is 61.5 Å². The third-order valence-corrected chi connectivity index (χ3v) is 9.12. The van der Waals surface area contributed by atoms with Crippen LogP contribution >= 0.6 is 27.5 Å². The number of halogens is 2. The van der Waals surface area contributed by atoms with Gasteiger partial charge in [-0.05, 0) is 66.6 Å². The summed E-state index contributed by atoms with van der Waals surface area (Å²) in [5, 5.41) is 3.29. The van der Waals surface area contributed by atoms with E-state index in [2.05, 4.69) is 21.2 Å². The van der Waals surface area contributed by atoms with Gasteiger partial charge in [0.15, 0.2) is 0 Å². The maximum Gasteiger partial charge on any atom is 0.264 e. The van der Waals surface area contributed by atoms with Crippen LogP contribution in [0.2, 0.25) is 5.02 Å². The minimum atomic E-state index is -4.16. The summed E-state index contributed by atoms with van der Waals surface area (Å²) in [5.74, 6) is -0.856. The number of likely N-dealkylation sites (N-methyl/N-ethyl adjacent to an activating group) is 1. The van der Waals surface area contributed by atoms with Crippen LogP contribution < -0.4 is 9.62 Å². The van der Waals surface area contributed by atoms with Gasteiger partial charge in [-0.1, -0.05) is 88.2 Å². The molecule has 0 unspecified atom stereocenters. The van der Waals surface area contributed by atoms with E-state index in [1.165, 1.54) is 17.0 Å². The van der Waals surface area contributed by atoms with Crippen molar-refractivity contribution in [3.05, 3.63) is 130 Å². The first-order chi connectivity index (χ1) is 20.2. The van der Waals surface area contributed by atoms with Gasteiger partial charge >= 0.3 is 0 Å². The highest BCUT2D eigenvalue weighted by atomic mass is 79.9. The zero-order valence-corrected chi connectivity index (χ0v) is 26.1. The van der Waals surface area contributed by atoms with Crippen LogP contribution in [-0.4, -0.2) is 44.3 Å². The Kier molecular flexibility index (Phi) is 10.8. The molecule has 7 nitrogen and oxygen atoms in total. The summed E-state index contributed by atoms with van der Waals surface area (Å²) in [6.45, 7) is 1.75. The molecule has 4 aromatic carbocycles. The fourth-order valence-corrected chi connectivity index (χ4v) is 6.54. The first-order valence-corrected chi connectivity index (χ1v) is 16.0. The minimum Gasteiger partial charge on any atom is -0.355 e. The Hall–Kier alpha value is -3.66. The molecule has 218 valence electrons. The van der Waals surface area contributed by atoms with Gasteiger partial charge in [0.2, 0.25) is 11.8 Å². The molecule has 0 saturated carbocycles. The molecule has 4 rings (SSSR count). The summed E-state index contributed by atoms with van der Waals surface area (Å²) in [7, 11) is -4.16. The predicted molar refractivity (Wildman–Crippen MR) is 170 cm³/mol. The molecular formula is C32H31BrClN3O4S. The first kappa shape index (κ1) is 31.3. The second-order valence-corrected chi connectivity index (χ2v) is 12.8. The van der Waals surface area contributed by atoms with Crippen LogP contribution in [0.5, 0.6) is 0 Å². The number of carbonyl (C=O) groups is 2. The topological polar surface area (TPSA) is 86.8 Å². The Morgan fingerprint density at radius 3 is 2.10 bits per heavy atom. The van der Waals surface area contributed by atoms with Crippen molar-refractivity contribution in [1.29, 1.82) is 0 Å². The second kappa shape index (κ2) is 14.5. The molecule has 0 aliphatic heterocycles. The van der Waals surface area contributed by atoms with Crippen molar-refractivity contribution in [2.24, 2.45) is 0 Å². The number of rotatable bonds is 12. The van der Waals surface area contributed by atoms with Crippen LogP contribution in [0.4, 0.5) is 5.69 Å². The van der Waals surface area contributed by atoms with Crippen LogP contribution in [0.1, 0.15) is 18.1 Å². The van der Waals surface area contributed by atoms with Crippen molar-refractivity contribution in [3.63, 3.8) is 0 Å². The van der Waals surface area contributed by atoms with Crippen LogP contribution in [-0.2, 0) is 32.6 Å². The molecule has 10 heteroatoms. The third-order valence-electron chi connectivity index (χ3n) is 6.59. The molecule has 0 spiro atoms. The van der Waals surface area contributed by atoms with E-state index in [0.717, 1.165) is 19.9 Å².